The molecule has 1 atom stereocenters. The largest absolute Gasteiger partial charge is 0.478 e. The first kappa shape index (κ1) is 51.9. The number of nitrogens with zero attached hydrogens (tertiary/aromatic N) is 3. The van der Waals surface area contributed by atoms with Crippen molar-refractivity contribution >= 4 is 57.6 Å². The molecule has 3 heterocycles. The summed E-state index contributed by atoms with van der Waals surface area (Å²) < 4.78 is 22.1. The molecular weight excluding hydrogens is 957 g/mol. The van der Waals surface area contributed by atoms with Gasteiger partial charge in [-0.2, -0.15) is 0 Å². The lowest BCUT2D eigenvalue weighted by Crippen LogP contribution is -2.67. The number of fused-ring (bicyclic) bond motifs is 1. The van der Waals surface area contributed by atoms with Crippen molar-refractivity contribution in [1.29, 1.82) is 0 Å². The monoisotopic (exact) mass is 1020 g/mol. The number of amides is 1. The highest BCUT2D eigenvalue weighted by Crippen LogP contribution is 2.44. The maximum absolute atomic E-state index is 11.6. The highest BCUT2D eigenvalue weighted by molar-refractivity contribution is 9.10. The van der Waals surface area contributed by atoms with E-state index in [2.05, 4.69) is 152 Å². The number of aryl methyl sites for hydroxylation is 1. The van der Waals surface area contributed by atoms with Crippen LogP contribution in [0.3, 0.4) is 0 Å². The van der Waals surface area contributed by atoms with Gasteiger partial charge in [-0.15, -0.1) is 0 Å². The molecule has 366 valence electrons. The average Bonchev–Trinajstić information content (AvgIpc) is 3.67. The molecule has 0 aliphatic carbocycles. The molecule has 1 aliphatic rings. The maximum atomic E-state index is 11.6. The summed E-state index contributed by atoms with van der Waals surface area (Å²) in [4.78, 5) is 30.1. The summed E-state index contributed by atoms with van der Waals surface area (Å²) in [6.07, 6.45) is 2.13. The summed E-state index contributed by atoms with van der Waals surface area (Å²) >= 11 is 3.79. The van der Waals surface area contributed by atoms with Crippen molar-refractivity contribution in [3.05, 3.63) is 173 Å². The number of benzene rings is 5. The van der Waals surface area contributed by atoms with Crippen LogP contribution in [0.2, 0.25) is 5.04 Å². The van der Waals surface area contributed by atoms with Gasteiger partial charge in [0.1, 0.15) is 6.61 Å². The van der Waals surface area contributed by atoms with Gasteiger partial charge in [-0.05, 0) is 94.2 Å². The molecule has 1 amide bonds. The van der Waals surface area contributed by atoms with E-state index in [1.54, 1.807) is 24.1 Å². The van der Waals surface area contributed by atoms with Crippen molar-refractivity contribution in [2.45, 2.75) is 79.2 Å². The molecule has 1 aliphatic heterocycles. The molecule has 0 spiro atoms. The summed E-state index contributed by atoms with van der Waals surface area (Å²) in [6, 6.07) is 47.1. The van der Waals surface area contributed by atoms with Crippen LogP contribution in [-0.2, 0) is 33.5 Å². The molecule has 0 bridgehead atoms. The Hall–Kier alpha value is -5.89. The predicted molar refractivity (Wildman–Crippen MR) is 288 cm³/mol. The fraction of sp³-hybridized carbons (Fsp3) is 0.328. The Kier molecular flexibility index (Phi) is 17.0. The van der Waals surface area contributed by atoms with Gasteiger partial charge >= 0.3 is 12.1 Å². The van der Waals surface area contributed by atoms with Crippen molar-refractivity contribution in [3.8, 4) is 22.4 Å². The number of ether oxygens (including phenoxy) is 2. The van der Waals surface area contributed by atoms with Crippen molar-refractivity contribution < 1.29 is 28.6 Å². The molecule has 5 aromatic carbocycles. The zero-order chi connectivity index (χ0) is 50.1. The number of carboxylic acid groups (broad SMARTS) is 1. The highest BCUT2D eigenvalue weighted by Gasteiger charge is 2.51. The van der Waals surface area contributed by atoms with Gasteiger partial charge < -0.3 is 33.8 Å². The van der Waals surface area contributed by atoms with Crippen molar-refractivity contribution in [2.24, 2.45) is 5.41 Å². The summed E-state index contributed by atoms with van der Waals surface area (Å²) in [5.74, 6) is -0.950. The third-order valence-electron chi connectivity index (χ3n) is 13.2. The Morgan fingerprint density at radius 1 is 0.814 bits per heavy atom. The number of aromatic carboxylic acids is 1. The van der Waals surface area contributed by atoms with Crippen LogP contribution in [0.4, 0.5) is 4.79 Å². The molecule has 70 heavy (non-hydrogen) atoms. The quantitative estimate of drug-likeness (QED) is 0.0976. The number of carbonyl (C=O) groups excluding carboxylic acids is 1. The van der Waals surface area contributed by atoms with Crippen LogP contribution in [0.5, 0.6) is 0 Å². The number of pyridine rings is 1. The second kappa shape index (κ2) is 22.9. The average molecular weight is 1020 g/mol. The Labute approximate surface area is 423 Å². The molecule has 0 unspecified atom stereocenters. The first-order chi connectivity index (χ1) is 33.6. The Bertz CT molecular complexity index is 2800. The van der Waals surface area contributed by atoms with Crippen LogP contribution in [0.15, 0.2) is 150 Å². The van der Waals surface area contributed by atoms with E-state index in [1.807, 2.05) is 55.6 Å². The predicted octanol–water partition coefficient (Wildman–Crippen LogP) is 11.9. The number of nitrogens with one attached hydrogen (secondary N) is 1. The molecule has 0 radical (unpaired) electrons. The van der Waals surface area contributed by atoms with E-state index in [-0.39, 0.29) is 28.2 Å². The molecule has 2 N–H and O–H groups in total. The van der Waals surface area contributed by atoms with Gasteiger partial charge in [0.2, 0.25) is 0 Å². The van der Waals surface area contributed by atoms with Crippen molar-refractivity contribution in [3.63, 3.8) is 0 Å². The van der Waals surface area contributed by atoms with Gasteiger partial charge in [0.25, 0.3) is 8.32 Å². The Morgan fingerprint density at radius 2 is 1.41 bits per heavy atom. The second-order valence-electron chi connectivity index (χ2n) is 19.7. The summed E-state index contributed by atoms with van der Waals surface area (Å²) in [6.45, 7) is 20.6. The van der Waals surface area contributed by atoms with E-state index in [1.165, 1.54) is 21.3 Å². The van der Waals surface area contributed by atoms with Crippen LogP contribution in [-0.4, -0.2) is 79.8 Å². The van der Waals surface area contributed by atoms with Crippen molar-refractivity contribution in [2.75, 3.05) is 39.9 Å². The lowest BCUT2D eigenvalue weighted by atomic mass is 9.84. The molecule has 2 aromatic heterocycles. The number of carbonyl (C=O) groups is 2. The van der Waals surface area contributed by atoms with E-state index >= 15 is 0 Å². The van der Waals surface area contributed by atoms with Crippen molar-refractivity contribution in [1.82, 2.24) is 19.8 Å². The molecule has 1 fully saturated rings. The number of aromatic nitrogens is 2. The van der Waals surface area contributed by atoms with Crippen LogP contribution < -0.4 is 15.7 Å². The van der Waals surface area contributed by atoms with Gasteiger partial charge in [-0.1, -0.05) is 154 Å². The normalized spacial score (nSPS) is 13.6. The molecule has 8 rings (SSSR count). The zero-order valence-corrected chi connectivity index (χ0v) is 44.4. The minimum absolute atomic E-state index is 0.139. The molecule has 0 saturated carbocycles. The van der Waals surface area contributed by atoms with Crippen LogP contribution >= 0.6 is 15.9 Å². The minimum atomic E-state index is -2.78. The number of halogens is 1. The molecule has 7 aromatic rings. The van der Waals surface area contributed by atoms with Gasteiger partial charge in [0, 0.05) is 79.1 Å². The van der Waals surface area contributed by atoms with E-state index in [0.29, 0.717) is 13.2 Å². The van der Waals surface area contributed by atoms with Gasteiger partial charge in [-0.25, -0.2) is 9.59 Å². The highest BCUT2D eigenvalue weighted by atomic mass is 79.9. The lowest BCUT2D eigenvalue weighted by Gasteiger charge is -2.44. The van der Waals surface area contributed by atoms with E-state index in [4.69, 9.17) is 18.9 Å². The fourth-order valence-corrected chi connectivity index (χ4v) is 14.7. The van der Waals surface area contributed by atoms with E-state index in [0.717, 1.165) is 82.8 Å². The standard InChI is InChI=1S/C46H51BrN2O4Si.C12H16N2O2/c1-9-49-41-25-24-35(47)27-38(41)40(43(49)39-26-34(29-48-42(39)31(2)52-8)32-20-22-33(23-21-32)44(50)51)28-46(6,7)30-53-54(45(3,4)5,36-16-12-10-13-17-36)37-18-14-11-15-19-37;15-12(14-8-6-13-7-9-14)16-10-11-4-2-1-3-5-11/h10-27,29,31H,9,28,30H2,1-8H3,(H,50,51);1-5,13H,6-10H2/t31-;/m0./s1. The minimum Gasteiger partial charge on any atom is -0.478 e. The smallest absolute Gasteiger partial charge is 0.410 e. The fourth-order valence-electron chi connectivity index (χ4n) is 9.53. The Balaban J connectivity index is 0.000000380. The number of hydrogen-bond donors (Lipinski definition) is 2. The van der Waals surface area contributed by atoms with Crippen LogP contribution in [0.25, 0.3) is 33.3 Å². The van der Waals surface area contributed by atoms with Gasteiger partial charge in [0.15, 0.2) is 0 Å². The van der Waals surface area contributed by atoms with Gasteiger partial charge in [0.05, 0.1) is 23.1 Å². The SMILES string of the molecule is CCn1c(-c2cc(-c3ccc(C(=O)O)cc3)cnc2[C@H](C)OC)c(CC(C)(C)CO[Si](c2ccccc2)(c2ccccc2)C(C)(C)C)c2cc(Br)ccc21.O=C(OCc1ccccc1)N1CCNCC1. The summed E-state index contributed by atoms with van der Waals surface area (Å²) in [5, 5.41) is 16.3. The second-order valence-corrected chi connectivity index (χ2v) is 24.9. The summed E-state index contributed by atoms with van der Waals surface area (Å²) in [7, 11) is -1.06. The molecule has 10 nitrogen and oxygen atoms in total. The third-order valence-corrected chi connectivity index (χ3v) is 18.6. The number of carboxylic acids is 1. The zero-order valence-electron chi connectivity index (χ0n) is 41.8. The molecular formula is C58H67BrN4O6Si. The molecule has 12 heteroatoms. The molecule has 1 saturated heterocycles. The first-order valence-electron chi connectivity index (χ1n) is 24.2. The maximum Gasteiger partial charge on any atom is 0.410 e. The number of rotatable bonds is 15. The van der Waals surface area contributed by atoms with Gasteiger partial charge in [-0.3, -0.25) is 4.98 Å². The Morgan fingerprint density at radius 3 is 1.97 bits per heavy atom. The van der Waals surface area contributed by atoms with E-state index in [9.17, 15) is 14.7 Å². The lowest BCUT2D eigenvalue weighted by molar-refractivity contribution is 0.0696. The topological polar surface area (TPSA) is 115 Å². The first-order valence-corrected chi connectivity index (χ1v) is 26.9. The number of methoxy groups -OCH3 is 1. The third kappa shape index (κ3) is 11.8. The van der Waals surface area contributed by atoms with Crippen LogP contribution in [0.1, 0.15) is 81.7 Å². The number of hydrogen-bond acceptors (Lipinski definition) is 7. The van der Waals surface area contributed by atoms with Crippen LogP contribution in [0, 0.1) is 5.41 Å². The number of piperazine rings is 1. The van der Waals surface area contributed by atoms with E-state index < -0.39 is 14.3 Å². The summed E-state index contributed by atoms with van der Waals surface area (Å²) in [5.41, 5.74) is 8.14.